The number of rotatable bonds is 7. The number of nitrogens with zero attached hydrogens (tertiary/aromatic N) is 2. The second-order valence-electron chi connectivity index (χ2n) is 8.40. The summed E-state index contributed by atoms with van der Waals surface area (Å²) in [7, 11) is 0. The van der Waals surface area contributed by atoms with Crippen LogP contribution in [0.4, 0.5) is 13.2 Å². The van der Waals surface area contributed by atoms with E-state index in [1.807, 2.05) is 0 Å². The molecule has 2 fully saturated rings. The molecule has 10 heteroatoms. The lowest BCUT2D eigenvalue weighted by Gasteiger charge is -2.24. The minimum Gasteiger partial charge on any atom is -0.403 e. The molecule has 2 aliphatic rings. The predicted octanol–water partition coefficient (Wildman–Crippen LogP) is 4.49. The van der Waals surface area contributed by atoms with E-state index in [0.717, 1.165) is 25.2 Å². The van der Waals surface area contributed by atoms with Gasteiger partial charge in [-0.2, -0.15) is 18.2 Å². The molecule has 0 amide bonds. The van der Waals surface area contributed by atoms with Crippen molar-refractivity contribution in [3.05, 3.63) is 32.4 Å². The van der Waals surface area contributed by atoms with E-state index in [9.17, 15) is 22.8 Å². The third-order valence-electron chi connectivity index (χ3n) is 5.97. The zero-order valence-electron chi connectivity index (χ0n) is 17.0. The lowest BCUT2D eigenvalue weighted by molar-refractivity contribution is -0.178. The van der Waals surface area contributed by atoms with Gasteiger partial charge in [-0.15, -0.1) is 0 Å². The molecule has 31 heavy (non-hydrogen) atoms. The van der Waals surface area contributed by atoms with Gasteiger partial charge in [0, 0.05) is 6.07 Å². The van der Waals surface area contributed by atoms with Crippen LogP contribution in [0.15, 0.2) is 25.2 Å². The van der Waals surface area contributed by atoms with Crippen molar-refractivity contribution in [1.29, 1.82) is 0 Å². The molecule has 0 aromatic carbocycles. The summed E-state index contributed by atoms with van der Waals surface area (Å²) in [6, 6.07) is 1.05. The van der Waals surface area contributed by atoms with Crippen molar-refractivity contribution in [3.8, 4) is 6.01 Å². The smallest absolute Gasteiger partial charge is 0.391 e. The van der Waals surface area contributed by atoms with Gasteiger partial charge in [-0.1, -0.05) is 30.8 Å². The number of halogens is 3. The highest BCUT2D eigenvalue weighted by atomic mass is 19.4. The van der Waals surface area contributed by atoms with E-state index in [4.69, 9.17) is 9.25 Å². The second-order valence-corrected chi connectivity index (χ2v) is 8.40. The molecule has 0 unspecified atom stereocenters. The molecular formula is C21H24F3N3O4. The summed E-state index contributed by atoms with van der Waals surface area (Å²) in [6.07, 6.45) is 2.21. The first-order chi connectivity index (χ1) is 14.8. The van der Waals surface area contributed by atoms with E-state index in [-0.39, 0.29) is 42.8 Å². The lowest BCUT2D eigenvalue weighted by atomic mass is 9.87. The first kappa shape index (κ1) is 21.6. The van der Waals surface area contributed by atoms with Gasteiger partial charge in [0.1, 0.15) is 5.39 Å². The highest BCUT2D eigenvalue weighted by Crippen LogP contribution is 2.36. The Labute approximate surface area is 175 Å². The predicted molar refractivity (Wildman–Crippen MR) is 107 cm³/mol. The van der Waals surface area contributed by atoms with Crippen molar-refractivity contribution in [2.24, 2.45) is 17.0 Å². The fourth-order valence-electron chi connectivity index (χ4n) is 4.00. The average Bonchev–Trinajstić information content (AvgIpc) is 3.53. The van der Waals surface area contributed by atoms with E-state index < -0.39 is 23.3 Å². The number of hydrogen-bond donors (Lipinski definition) is 1. The van der Waals surface area contributed by atoms with Crippen LogP contribution in [0.25, 0.3) is 11.1 Å². The highest BCUT2D eigenvalue weighted by Gasteiger charge is 2.40. The first-order valence-electron chi connectivity index (χ1n) is 10.7. The SMILES string of the molecule is O=c1cc(CCCCC2CC2)c2c(=O)[nH]c(ON=C3CCC(C(F)(F)F)CC3)nc2o1. The Balaban J connectivity index is 1.46. The molecule has 2 aliphatic carbocycles. The van der Waals surface area contributed by atoms with Crippen molar-refractivity contribution in [2.45, 2.75) is 70.4 Å². The molecule has 168 valence electrons. The monoisotopic (exact) mass is 439 g/mol. The summed E-state index contributed by atoms with van der Waals surface area (Å²) in [5.41, 5.74) is -0.204. The molecule has 2 aromatic rings. The van der Waals surface area contributed by atoms with Crippen molar-refractivity contribution in [1.82, 2.24) is 9.97 Å². The van der Waals surface area contributed by atoms with Gasteiger partial charge in [-0.05, 0) is 50.0 Å². The summed E-state index contributed by atoms with van der Waals surface area (Å²) in [5.74, 6) is -0.505. The maximum Gasteiger partial charge on any atom is 0.391 e. The highest BCUT2D eigenvalue weighted by molar-refractivity contribution is 5.84. The summed E-state index contributed by atoms with van der Waals surface area (Å²) in [4.78, 5) is 36.1. The fourth-order valence-corrected chi connectivity index (χ4v) is 4.00. The van der Waals surface area contributed by atoms with Crippen LogP contribution in [0.2, 0.25) is 0 Å². The van der Waals surface area contributed by atoms with Crippen molar-refractivity contribution in [3.63, 3.8) is 0 Å². The summed E-state index contributed by atoms with van der Waals surface area (Å²) in [6.45, 7) is 0. The van der Waals surface area contributed by atoms with Gasteiger partial charge in [-0.25, -0.2) is 4.79 Å². The van der Waals surface area contributed by atoms with Crippen molar-refractivity contribution in [2.75, 3.05) is 0 Å². The largest absolute Gasteiger partial charge is 0.403 e. The zero-order chi connectivity index (χ0) is 22.0. The minimum absolute atomic E-state index is 0.0493. The Hall–Kier alpha value is -2.65. The molecule has 2 heterocycles. The van der Waals surface area contributed by atoms with Crippen LogP contribution in [0.5, 0.6) is 6.01 Å². The number of hydrogen-bond acceptors (Lipinski definition) is 6. The lowest BCUT2D eigenvalue weighted by Crippen LogP contribution is -2.28. The van der Waals surface area contributed by atoms with Gasteiger partial charge in [0.05, 0.1) is 11.6 Å². The summed E-state index contributed by atoms with van der Waals surface area (Å²) in [5, 5.41) is 4.05. The van der Waals surface area contributed by atoms with E-state index in [1.165, 1.54) is 18.9 Å². The molecular weight excluding hydrogens is 415 g/mol. The maximum absolute atomic E-state index is 12.8. The second kappa shape index (κ2) is 8.84. The van der Waals surface area contributed by atoms with Gasteiger partial charge in [0.15, 0.2) is 0 Å². The quantitative estimate of drug-likeness (QED) is 0.507. The number of alkyl halides is 3. The van der Waals surface area contributed by atoms with E-state index in [1.54, 1.807) is 0 Å². The standard InChI is InChI=1S/C21H24F3N3O4/c22-21(23,24)14-7-9-15(10-8-14)27-31-20-25-18(29)17-13(4-2-1-3-12-5-6-12)11-16(28)30-19(17)26-20/h11-12,14H,1-10H2,(H,25,26,29). The number of nitrogens with one attached hydrogen (secondary N) is 1. The molecule has 0 bridgehead atoms. The Kier molecular flexibility index (Phi) is 6.15. The van der Waals surface area contributed by atoms with Crippen molar-refractivity contribution >= 4 is 16.8 Å². The van der Waals surface area contributed by atoms with Crippen LogP contribution in [0.3, 0.4) is 0 Å². The molecule has 1 N–H and O–H groups in total. The van der Waals surface area contributed by atoms with Gasteiger partial charge in [-0.3, -0.25) is 9.78 Å². The fraction of sp³-hybridized carbons (Fsp3) is 0.619. The maximum atomic E-state index is 12.8. The average molecular weight is 439 g/mol. The number of fused-ring (bicyclic) bond motifs is 1. The topological polar surface area (TPSA) is 97.5 Å². The van der Waals surface area contributed by atoms with Crippen LogP contribution in [-0.2, 0) is 6.42 Å². The van der Waals surface area contributed by atoms with Crippen LogP contribution < -0.4 is 16.0 Å². The van der Waals surface area contributed by atoms with E-state index in [0.29, 0.717) is 17.7 Å². The van der Waals surface area contributed by atoms with Gasteiger partial charge in [0.25, 0.3) is 5.56 Å². The van der Waals surface area contributed by atoms with Gasteiger partial charge >= 0.3 is 17.8 Å². The molecule has 2 saturated carbocycles. The van der Waals surface area contributed by atoms with E-state index in [2.05, 4.69) is 15.1 Å². The van der Waals surface area contributed by atoms with Gasteiger partial charge < -0.3 is 9.25 Å². The number of aryl methyl sites for hydroxylation is 1. The van der Waals surface area contributed by atoms with Crippen molar-refractivity contribution < 1.29 is 22.4 Å². The number of aromatic nitrogens is 2. The number of aromatic amines is 1. The third kappa shape index (κ3) is 5.54. The first-order valence-corrected chi connectivity index (χ1v) is 10.7. The molecule has 0 saturated heterocycles. The Morgan fingerprint density at radius 3 is 2.58 bits per heavy atom. The molecule has 0 aliphatic heterocycles. The van der Waals surface area contributed by atoms with Crippen LogP contribution in [0, 0.1) is 11.8 Å². The normalized spacial score (nSPS) is 19.6. The van der Waals surface area contributed by atoms with Gasteiger partial charge in [0.2, 0.25) is 5.71 Å². The Morgan fingerprint density at radius 2 is 1.90 bits per heavy atom. The number of H-pyrrole nitrogens is 1. The zero-order valence-corrected chi connectivity index (χ0v) is 17.0. The van der Waals surface area contributed by atoms with Crippen LogP contribution >= 0.6 is 0 Å². The minimum atomic E-state index is -4.20. The molecule has 2 aromatic heterocycles. The molecule has 0 atom stereocenters. The molecule has 4 rings (SSSR count). The Morgan fingerprint density at radius 1 is 1.16 bits per heavy atom. The number of unbranched alkanes of at least 4 members (excludes halogenated alkanes) is 1. The Bertz CT molecular complexity index is 1080. The summed E-state index contributed by atoms with van der Waals surface area (Å²) < 4.78 is 43.4. The molecule has 0 radical (unpaired) electrons. The molecule has 7 nitrogen and oxygen atoms in total. The van der Waals surface area contributed by atoms with Crippen LogP contribution in [-0.4, -0.2) is 21.9 Å². The van der Waals surface area contributed by atoms with Crippen LogP contribution in [0.1, 0.15) is 63.4 Å². The summed E-state index contributed by atoms with van der Waals surface area (Å²) >= 11 is 0. The van der Waals surface area contributed by atoms with E-state index >= 15 is 0 Å². The third-order valence-corrected chi connectivity index (χ3v) is 5.97. The number of oxime groups is 1. The molecule has 0 spiro atoms.